The molecular formula is C27H39N5O5S. The van der Waals surface area contributed by atoms with Gasteiger partial charge in [-0.1, -0.05) is 34.6 Å². The van der Waals surface area contributed by atoms with Crippen molar-refractivity contribution < 1.29 is 18.0 Å². The maximum absolute atomic E-state index is 13.7. The fourth-order valence-corrected chi connectivity index (χ4v) is 7.15. The van der Waals surface area contributed by atoms with Gasteiger partial charge in [0.2, 0.25) is 21.8 Å². The average Bonchev–Trinajstić information content (AvgIpc) is 3.14. The molecule has 1 aromatic rings. The predicted octanol–water partition coefficient (Wildman–Crippen LogP) is 1.25. The van der Waals surface area contributed by atoms with Crippen LogP contribution >= 0.6 is 0 Å². The van der Waals surface area contributed by atoms with Crippen LogP contribution in [0.3, 0.4) is 0 Å². The van der Waals surface area contributed by atoms with Gasteiger partial charge in [-0.15, -0.1) is 0 Å². The first-order valence-corrected chi connectivity index (χ1v) is 15.2. The lowest BCUT2D eigenvalue weighted by Gasteiger charge is -2.37. The van der Waals surface area contributed by atoms with E-state index in [2.05, 4.69) is 34.9 Å². The van der Waals surface area contributed by atoms with Crippen LogP contribution < -0.4 is 15.6 Å². The van der Waals surface area contributed by atoms with Gasteiger partial charge in [-0.2, -0.15) is 5.26 Å². The molecule has 3 aliphatic rings. The van der Waals surface area contributed by atoms with Gasteiger partial charge in [-0.3, -0.25) is 14.4 Å². The highest BCUT2D eigenvalue weighted by Crippen LogP contribution is 2.65. The number of nitrogens with zero attached hydrogens (tertiary/aromatic N) is 2. The molecule has 0 aromatic carbocycles. The summed E-state index contributed by atoms with van der Waals surface area (Å²) in [6.07, 6.45) is 4.85. The van der Waals surface area contributed by atoms with Crippen molar-refractivity contribution in [3.8, 4) is 6.07 Å². The largest absolute Gasteiger partial charge is 0.338 e. The lowest BCUT2D eigenvalue weighted by atomic mass is 9.86. The molecule has 1 unspecified atom stereocenters. The third-order valence-electron chi connectivity index (χ3n) is 8.52. The van der Waals surface area contributed by atoms with Crippen LogP contribution in [-0.4, -0.2) is 61.0 Å². The van der Waals surface area contributed by atoms with Gasteiger partial charge >= 0.3 is 0 Å². The summed E-state index contributed by atoms with van der Waals surface area (Å²) < 4.78 is 26.6. The Balaban J connectivity index is 1.56. The third-order valence-corrected chi connectivity index (χ3v) is 9.18. The van der Waals surface area contributed by atoms with Crippen LogP contribution in [0.4, 0.5) is 0 Å². The van der Waals surface area contributed by atoms with Crippen molar-refractivity contribution in [2.45, 2.75) is 84.8 Å². The molecule has 38 heavy (non-hydrogen) atoms. The molecule has 2 aliphatic carbocycles. The highest BCUT2D eigenvalue weighted by Gasteiger charge is 2.69. The predicted molar refractivity (Wildman–Crippen MR) is 142 cm³/mol. The molecule has 2 amide bonds. The number of aromatic nitrogens is 1. The minimum Gasteiger partial charge on any atom is -0.338 e. The van der Waals surface area contributed by atoms with Crippen molar-refractivity contribution in [3.63, 3.8) is 0 Å². The van der Waals surface area contributed by atoms with Gasteiger partial charge < -0.3 is 15.2 Å². The summed E-state index contributed by atoms with van der Waals surface area (Å²) in [6, 6.07) is 1.13. The van der Waals surface area contributed by atoms with Gasteiger partial charge in [-0.25, -0.2) is 13.1 Å². The molecule has 0 radical (unpaired) electrons. The summed E-state index contributed by atoms with van der Waals surface area (Å²) in [5.74, 6) is -0.906. The standard InChI is InChI=1S/C27H39N5O5S/c1-26(2,3)22(31-38(6,36)37)25(35)32-14-18-20(27(18,4)5)21(32)24(34)29-17(13-28)12-16-11-15-9-7-8-10-19(15)30-23(16)33/h11,17-18,20-22,31H,7-10,12,14H2,1-6H3,(H,29,34)(H,30,33)/t17?,18-,20+,21-,22+/m0/s1. The van der Waals surface area contributed by atoms with Crippen LogP contribution in [0, 0.1) is 34.0 Å². The van der Waals surface area contributed by atoms with Crippen molar-refractivity contribution in [2.24, 2.45) is 22.7 Å². The summed E-state index contributed by atoms with van der Waals surface area (Å²) in [4.78, 5) is 44.4. The highest BCUT2D eigenvalue weighted by atomic mass is 32.2. The second kappa shape index (κ2) is 9.79. The number of piperidine rings is 1. The van der Waals surface area contributed by atoms with Gasteiger partial charge in [0.05, 0.1) is 12.3 Å². The van der Waals surface area contributed by atoms with E-state index in [9.17, 15) is 28.1 Å². The van der Waals surface area contributed by atoms with Crippen molar-refractivity contribution >= 4 is 21.8 Å². The summed E-state index contributed by atoms with van der Waals surface area (Å²) in [6.45, 7) is 9.75. The molecule has 1 saturated carbocycles. The Morgan fingerprint density at radius 2 is 1.92 bits per heavy atom. The van der Waals surface area contributed by atoms with E-state index >= 15 is 0 Å². The van der Waals surface area contributed by atoms with E-state index in [1.54, 1.807) is 20.8 Å². The molecule has 1 aliphatic heterocycles. The molecule has 0 spiro atoms. The smallest absolute Gasteiger partial charge is 0.251 e. The van der Waals surface area contributed by atoms with E-state index in [1.807, 2.05) is 6.07 Å². The number of sulfonamides is 1. The van der Waals surface area contributed by atoms with E-state index in [4.69, 9.17) is 0 Å². The zero-order valence-corrected chi connectivity index (χ0v) is 23.9. The minimum atomic E-state index is -3.69. The Hall–Kier alpha value is -2.71. The average molecular weight is 546 g/mol. The van der Waals surface area contributed by atoms with Crippen LogP contribution in [0.25, 0.3) is 0 Å². The van der Waals surface area contributed by atoms with Crippen LogP contribution in [-0.2, 0) is 38.9 Å². The normalized spacial score (nSPS) is 25.5. The quantitative estimate of drug-likeness (QED) is 0.469. The number of nitriles is 1. The summed E-state index contributed by atoms with van der Waals surface area (Å²) in [5, 5.41) is 12.6. The van der Waals surface area contributed by atoms with Crippen molar-refractivity contribution in [1.29, 1.82) is 5.26 Å². The van der Waals surface area contributed by atoms with E-state index in [-0.39, 0.29) is 29.2 Å². The van der Waals surface area contributed by atoms with Crippen molar-refractivity contribution in [2.75, 3.05) is 12.8 Å². The number of fused-ring (bicyclic) bond motifs is 2. The molecule has 3 N–H and O–H groups in total. The first-order valence-electron chi connectivity index (χ1n) is 13.3. The molecule has 10 nitrogen and oxygen atoms in total. The first kappa shape index (κ1) is 28.3. The van der Waals surface area contributed by atoms with Gasteiger partial charge in [0.15, 0.2) is 0 Å². The number of hydrogen-bond acceptors (Lipinski definition) is 6. The van der Waals surface area contributed by atoms with Gasteiger partial charge in [0, 0.05) is 24.2 Å². The maximum atomic E-state index is 13.7. The Kier molecular flexibility index (Phi) is 7.29. The molecule has 1 aromatic heterocycles. The zero-order chi connectivity index (χ0) is 28.2. The second-order valence-corrected chi connectivity index (χ2v) is 14.6. The lowest BCUT2D eigenvalue weighted by molar-refractivity contribution is -0.143. The van der Waals surface area contributed by atoms with Crippen LogP contribution in [0.15, 0.2) is 10.9 Å². The number of aromatic amines is 1. The Morgan fingerprint density at radius 3 is 2.53 bits per heavy atom. The maximum Gasteiger partial charge on any atom is 0.251 e. The van der Waals surface area contributed by atoms with E-state index in [1.165, 1.54) is 4.90 Å². The number of pyridine rings is 1. The topological polar surface area (TPSA) is 152 Å². The summed E-state index contributed by atoms with van der Waals surface area (Å²) >= 11 is 0. The van der Waals surface area contributed by atoms with E-state index in [0.29, 0.717) is 12.1 Å². The molecule has 0 bridgehead atoms. The fraction of sp³-hybridized carbons (Fsp3) is 0.704. The van der Waals surface area contributed by atoms with Crippen LogP contribution in [0.2, 0.25) is 0 Å². The highest BCUT2D eigenvalue weighted by molar-refractivity contribution is 7.88. The van der Waals surface area contributed by atoms with Crippen LogP contribution in [0.5, 0.6) is 0 Å². The summed E-state index contributed by atoms with van der Waals surface area (Å²) in [5.41, 5.74) is 1.34. The Morgan fingerprint density at radius 1 is 1.26 bits per heavy atom. The molecule has 2 heterocycles. The number of amides is 2. The number of hydrogen-bond donors (Lipinski definition) is 3. The first-order chi connectivity index (χ1) is 17.5. The lowest BCUT2D eigenvalue weighted by Crippen LogP contribution is -2.59. The Bertz CT molecular complexity index is 1340. The SMILES string of the molecule is CC(C)(C)[C@H](NS(C)(=O)=O)C(=O)N1C[C@H]2[C@H]([C@H]1C(=O)NC(C#N)Cc1cc3c([nH]c1=O)CCCC3)C2(C)C. The van der Waals surface area contributed by atoms with Gasteiger partial charge in [0.1, 0.15) is 18.1 Å². The van der Waals surface area contributed by atoms with E-state index in [0.717, 1.165) is 43.2 Å². The molecule has 208 valence electrons. The monoisotopic (exact) mass is 545 g/mol. The third kappa shape index (κ3) is 5.52. The molecule has 11 heteroatoms. The second-order valence-electron chi connectivity index (χ2n) is 12.8. The molecule has 2 fully saturated rings. The van der Waals surface area contributed by atoms with Crippen LogP contribution in [0.1, 0.15) is 64.3 Å². The number of likely N-dealkylation sites (tertiary alicyclic amines) is 1. The zero-order valence-electron chi connectivity index (χ0n) is 23.1. The van der Waals surface area contributed by atoms with Gasteiger partial charge in [-0.05, 0) is 60.0 Å². The summed E-state index contributed by atoms with van der Waals surface area (Å²) in [7, 11) is -3.69. The molecule has 5 atom stereocenters. The number of rotatable bonds is 7. The van der Waals surface area contributed by atoms with Crippen molar-refractivity contribution in [1.82, 2.24) is 19.9 Å². The number of carbonyl (C=O) groups excluding carboxylic acids is 2. The minimum absolute atomic E-state index is 0.0588. The van der Waals surface area contributed by atoms with E-state index < -0.39 is 45.4 Å². The number of H-pyrrole nitrogens is 1. The van der Waals surface area contributed by atoms with Crippen molar-refractivity contribution in [3.05, 3.63) is 33.2 Å². The van der Waals surface area contributed by atoms with Gasteiger partial charge in [0.25, 0.3) is 5.56 Å². The Labute approximate surface area is 224 Å². The molecule has 4 rings (SSSR count). The molecular weight excluding hydrogens is 506 g/mol. The number of carbonyl (C=O) groups is 2. The number of aryl methyl sites for hydroxylation is 2. The fourth-order valence-electron chi connectivity index (χ4n) is 6.27. The number of nitrogens with one attached hydrogen (secondary N) is 3. The molecule has 1 saturated heterocycles.